The van der Waals surface area contributed by atoms with Crippen LogP contribution in [0.3, 0.4) is 0 Å². The van der Waals surface area contributed by atoms with E-state index in [9.17, 15) is 29.7 Å². The van der Waals surface area contributed by atoms with E-state index in [1.54, 1.807) is 6.92 Å². The first-order valence-corrected chi connectivity index (χ1v) is 9.53. The minimum atomic E-state index is -1.95. The summed E-state index contributed by atoms with van der Waals surface area (Å²) in [7, 11) is 0. The standard InChI is InChI=1S/C19H22O10/c1-6(2)9-10(21)12-17-4-8(5-20)26-13(23)7(3)19(17,15(25)27-12)29-16-18(9,17)11(22)14(24)28-16/h7-12,16,20-22H,1,4-5H2,2-3H3/t7-,8?,9-,10-,11+,12?,16?,17?,18?,19?/m1/s1. The van der Waals surface area contributed by atoms with Crippen molar-refractivity contribution in [1.82, 2.24) is 0 Å². The Bertz CT molecular complexity index is 854. The molecule has 5 rings (SSSR count). The number of aliphatic hydroxyl groups excluding tert-OH is 3. The molecule has 10 heteroatoms. The Labute approximate surface area is 165 Å². The third-order valence-corrected chi connectivity index (χ3v) is 7.74. The van der Waals surface area contributed by atoms with Crippen molar-refractivity contribution in [1.29, 1.82) is 0 Å². The summed E-state index contributed by atoms with van der Waals surface area (Å²) in [5.41, 5.74) is -4.71. The second-order valence-corrected chi connectivity index (χ2v) is 8.74. The van der Waals surface area contributed by atoms with Crippen LogP contribution in [-0.4, -0.2) is 76.1 Å². The molecule has 0 radical (unpaired) electrons. The van der Waals surface area contributed by atoms with Crippen LogP contribution in [0.1, 0.15) is 20.3 Å². The van der Waals surface area contributed by atoms with Gasteiger partial charge < -0.3 is 34.3 Å². The summed E-state index contributed by atoms with van der Waals surface area (Å²) >= 11 is 0. The largest absolute Gasteiger partial charge is 0.460 e. The molecule has 3 N–H and O–H groups in total. The van der Waals surface area contributed by atoms with E-state index in [-0.39, 0.29) is 6.42 Å². The van der Waals surface area contributed by atoms with E-state index < -0.39 is 83.5 Å². The van der Waals surface area contributed by atoms with Gasteiger partial charge in [0.1, 0.15) is 12.2 Å². The van der Waals surface area contributed by atoms with Gasteiger partial charge >= 0.3 is 17.9 Å². The molecule has 1 saturated carbocycles. The molecule has 29 heavy (non-hydrogen) atoms. The normalized spacial score (nSPS) is 54.8. The van der Waals surface area contributed by atoms with Crippen LogP contribution in [0.2, 0.25) is 0 Å². The van der Waals surface area contributed by atoms with E-state index in [0.29, 0.717) is 5.57 Å². The van der Waals surface area contributed by atoms with Crippen molar-refractivity contribution in [3.05, 3.63) is 12.2 Å². The van der Waals surface area contributed by atoms with Gasteiger partial charge in [-0.3, -0.25) is 4.79 Å². The Kier molecular flexibility index (Phi) is 3.51. The lowest BCUT2D eigenvalue weighted by atomic mass is 9.51. The lowest BCUT2D eigenvalue weighted by molar-refractivity contribution is -0.206. The van der Waals surface area contributed by atoms with Gasteiger partial charge in [-0.15, -0.1) is 0 Å². The van der Waals surface area contributed by atoms with Crippen LogP contribution in [0.15, 0.2) is 12.2 Å². The molecule has 1 aliphatic carbocycles. The molecular weight excluding hydrogens is 388 g/mol. The molecule has 2 spiro atoms. The highest BCUT2D eigenvalue weighted by Gasteiger charge is 2.96. The number of carbonyl (C=O) groups is 3. The van der Waals surface area contributed by atoms with Crippen molar-refractivity contribution in [3.8, 4) is 0 Å². The van der Waals surface area contributed by atoms with E-state index in [0.717, 1.165) is 0 Å². The number of hydrogen-bond acceptors (Lipinski definition) is 10. The molecule has 6 unspecified atom stereocenters. The van der Waals surface area contributed by atoms with Crippen molar-refractivity contribution >= 4 is 17.9 Å². The van der Waals surface area contributed by atoms with Gasteiger partial charge in [0.15, 0.2) is 11.7 Å². The fourth-order valence-electron chi connectivity index (χ4n) is 6.91. The average Bonchev–Trinajstić information content (AvgIpc) is 3.20. The number of ether oxygens (including phenoxy) is 4. The summed E-state index contributed by atoms with van der Waals surface area (Å²) in [5, 5.41) is 32.1. The molecule has 5 fully saturated rings. The molecule has 0 amide bonds. The molecule has 10 nitrogen and oxygen atoms in total. The summed E-state index contributed by atoms with van der Waals surface area (Å²) in [6.45, 7) is 6.41. The smallest absolute Gasteiger partial charge is 0.340 e. The van der Waals surface area contributed by atoms with Crippen molar-refractivity contribution in [2.75, 3.05) is 6.61 Å². The van der Waals surface area contributed by atoms with Gasteiger partial charge in [-0.1, -0.05) is 12.2 Å². The first kappa shape index (κ1) is 19.0. The third kappa shape index (κ3) is 1.62. The molecule has 4 heterocycles. The molecule has 10 atom stereocenters. The highest BCUT2D eigenvalue weighted by molar-refractivity contribution is 5.94. The van der Waals surface area contributed by atoms with Crippen LogP contribution in [0.25, 0.3) is 0 Å². The maximum atomic E-state index is 13.2. The number of rotatable bonds is 2. The molecule has 0 aromatic heterocycles. The summed E-state index contributed by atoms with van der Waals surface area (Å²) < 4.78 is 22.3. The van der Waals surface area contributed by atoms with Crippen LogP contribution in [0.4, 0.5) is 0 Å². The average molecular weight is 410 g/mol. The Hall–Kier alpha value is -2.01. The molecule has 0 bridgehead atoms. The van der Waals surface area contributed by atoms with E-state index in [1.807, 2.05) is 0 Å². The summed E-state index contributed by atoms with van der Waals surface area (Å²) in [4.78, 5) is 38.3. The van der Waals surface area contributed by atoms with Gasteiger partial charge in [0, 0.05) is 12.3 Å². The second-order valence-electron chi connectivity index (χ2n) is 8.74. The zero-order valence-corrected chi connectivity index (χ0v) is 15.9. The van der Waals surface area contributed by atoms with Crippen molar-refractivity contribution in [2.24, 2.45) is 22.7 Å². The number of cyclic esters (lactones) is 1. The van der Waals surface area contributed by atoms with Crippen molar-refractivity contribution in [3.63, 3.8) is 0 Å². The Morgan fingerprint density at radius 2 is 1.86 bits per heavy atom. The highest BCUT2D eigenvalue weighted by Crippen LogP contribution is 2.79. The molecule has 158 valence electrons. The van der Waals surface area contributed by atoms with Crippen molar-refractivity contribution < 1.29 is 48.7 Å². The zero-order valence-electron chi connectivity index (χ0n) is 15.9. The maximum Gasteiger partial charge on any atom is 0.340 e. The van der Waals surface area contributed by atoms with Gasteiger partial charge in [-0.05, 0) is 13.8 Å². The van der Waals surface area contributed by atoms with Gasteiger partial charge in [0.2, 0.25) is 6.29 Å². The molecule has 4 saturated heterocycles. The number of carbonyl (C=O) groups excluding carboxylic acids is 3. The number of hydrogen-bond donors (Lipinski definition) is 3. The fraction of sp³-hybridized carbons (Fsp3) is 0.737. The van der Waals surface area contributed by atoms with E-state index in [2.05, 4.69) is 6.58 Å². The molecule has 5 aliphatic rings. The van der Waals surface area contributed by atoms with Gasteiger partial charge in [-0.25, -0.2) is 9.59 Å². The predicted molar refractivity (Wildman–Crippen MR) is 89.5 cm³/mol. The Morgan fingerprint density at radius 1 is 1.17 bits per heavy atom. The Morgan fingerprint density at radius 3 is 2.48 bits per heavy atom. The van der Waals surface area contributed by atoms with Crippen molar-refractivity contribution in [2.45, 2.75) is 56.6 Å². The third-order valence-electron chi connectivity index (χ3n) is 7.74. The summed E-state index contributed by atoms with van der Waals surface area (Å²) in [6.07, 6.45) is -6.91. The van der Waals surface area contributed by atoms with Crippen LogP contribution >= 0.6 is 0 Å². The maximum absolute atomic E-state index is 13.2. The van der Waals surface area contributed by atoms with Gasteiger partial charge in [0.05, 0.1) is 29.5 Å². The molecule has 0 aromatic carbocycles. The summed E-state index contributed by atoms with van der Waals surface area (Å²) in [6, 6.07) is 0. The van der Waals surface area contributed by atoms with E-state index in [1.165, 1.54) is 6.92 Å². The fourth-order valence-corrected chi connectivity index (χ4v) is 6.91. The van der Waals surface area contributed by atoms with Crippen LogP contribution in [-0.2, 0) is 33.3 Å². The molecule has 0 aromatic rings. The Balaban J connectivity index is 1.88. The predicted octanol–water partition coefficient (Wildman–Crippen LogP) is -1.59. The molecule has 4 aliphatic heterocycles. The van der Waals surface area contributed by atoms with Crippen LogP contribution in [0.5, 0.6) is 0 Å². The SMILES string of the molecule is C=C(C)[C@@H]1[C@@H](O)C2OC(=O)C34OC5OC(=O)[C@H](O)C51C23CC(CO)OC(=O)[C@H]4C. The quantitative estimate of drug-likeness (QED) is 0.276. The lowest BCUT2D eigenvalue weighted by Gasteiger charge is -2.45. The lowest BCUT2D eigenvalue weighted by Crippen LogP contribution is -2.61. The van der Waals surface area contributed by atoms with Crippen LogP contribution in [0, 0.1) is 22.7 Å². The topological polar surface area (TPSA) is 149 Å². The van der Waals surface area contributed by atoms with Crippen LogP contribution < -0.4 is 0 Å². The molecular formula is C19H22O10. The van der Waals surface area contributed by atoms with E-state index >= 15 is 0 Å². The van der Waals surface area contributed by atoms with Gasteiger partial charge in [-0.2, -0.15) is 0 Å². The second kappa shape index (κ2) is 5.37. The first-order chi connectivity index (χ1) is 13.6. The monoisotopic (exact) mass is 410 g/mol. The minimum absolute atomic E-state index is 0.166. The van der Waals surface area contributed by atoms with E-state index in [4.69, 9.17) is 18.9 Å². The first-order valence-electron chi connectivity index (χ1n) is 9.53. The summed E-state index contributed by atoms with van der Waals surface area (Å²) in [5.74, 6) is -4.75. The minimum Gasteiger partial charge on any atom is -0.460 e. The van der Waals surface area contributed by atoms with Gasteiger partial charge in [0.25, 0.3) is 0 Å². The number of esters is 3. The highest BCUT2D eigenvalue weighted by atomic mass is 16.7. The zero-order chi connectivity index (χ0) is 21.1. The number of aliphatic hydroxyl groups is 3.